The molecule has 0 aromatic heterocycles. The molecule has 1 heterocycles. The summed E-state index contributed by atoms with van der Waals surface area (Å²) >= 11 is 5.79. The Bertz CT molecular complexity index is 441. The highest BCUT2D eigenvalue weighted by Crippen LogP contribution is 2.23. The highest BCUT2D eigenvalue weighted by molar-refractivity contribution is 6.62. The third kappa shape index (κ3) is 2.71. The first-order valence-corrected chi connectivity index (χ1v) is 6.52. The van der Waals surface area contributed by atoms with Crippen molar-refractivity contribution >= 4 is 24.2 Å². The van der Waals surface area contributed by atoms with Gasteiger partial charge < -0.3 is 9.31 Å². The van der Waals surface area contributed by atoms with Crippen LogP contribution in [0.1, 0.15) is 26.3 Å². The Morgan fingerprint density at radius 3 is 2.50 bits per heavy atom. The van der Waals surface area contributed by atoms with Crippen LogP contribution in [-0.2, 0) is 15.7 Å². The lowest BCUT2D eigenvalue weighted by Crippen LogP contribution is -2.48. The fraction of sp³-hybridized carbons (Fsp3) is 0.538. The number of halogens is 2. The summed E-state index contributed by atoms with van der Waals surface area (Å²) in [6.45, 7) is 7.25. The highest BCUT2D eigenvalue weighted by Gasteiger charge is 2.35. The van der Waals surface area contributed by atoms with Crippen molar-refractivity contribution in [3.63, 3.8) is 0 Å². The van der Waals surface area contributed by atoms with E-state index in [0.29, 0.717) is 25.2 Å². The van der Waals surface area contributed by atoms with Crippen molar-refractivity contribution < 1.29 is 13.7 Å². The van der Waals surface area contributed by atoms with Gasteiger partial charge in [0, 0.05) is 18.6 Å². The van der Waals surface area contributed by atoms with Gasteiger partial charge in [0.25, 0.3) is 0 Å². The van der Waals surface area contributed by atoms with Gasteiger partial charge in [-0.1, -0.05) is 38.4 Å². The fourth-order valence-electron chi connectivity index (χ4n) is 2.06. The quantitative estimate of drug-likeness (QED) is 0.770. The first-order valence-electron chi connectivity index (χ1n) is 6.14. The van der Waals surface area contributed by atoms with Crippen LogP contribution < -0.4 is 5.46 Å². The minimum Gasteiger partial charge on any atom is -0.407 e. The first kappa shape index (κ1) is 13.8. The van der Waals surface area contributed by atoms with E-state index in [1.807, 2.05) is 6.92 Å². The van der Waals surface area contributed by atoms with Crippen molar-refractivity contribution in [3.8, 4) is 0 Å². The molecule has 0 unspecified atom stereocenters. The first-order chi connectivity index (χ1) is 8.44. The van der Waals surface area contributed by atoms with Gasteiger partial charge in [0.05, 0.1) is 5.02 Å². The van der Waals surface area contributed by atoms with Gasteiger partial charge in [-0.05, 0) is 23.5 Å². The summed E-state index contributed by atoms with van der Waals surface area (Å²) in [7, 11) is -0.486. The maximum atomic E-state index is 13.9. The van der Waals surface area contributed by atoms with Crippen LogP contribution >= 0.6 is 11.6 Å². The summed E-state index contributed by atoms with van der Waals surface area (Å²) < 4.78 is 25.3. The molecule has 0 bridgehead atoms. The Balaban J connectivity index is 2.27. The summed E-state index contributed by atoms with van der Waals surface area (Å²) in [5, 5.41) is 0.145. The molecule has 5 heteroatoms. The Labute approximate surface area is 113 Å². The smallest absolute Gasteiger partial charge is 0.407 e. The predicted molar refractivity (Wildman–Crippen MR) is 71.9 cm³/mol. The zero-order chi connectivity index (χ0) is 13.3. The topological polar surface area (TPSA) is 18.5 Å². The SMILES string of the molecule is CCc1c(B2OCC(C)(C)CO2)ccc(Cl)c1F. The zero-order valence-electron chi connectivity index (χ0n) is 10.9. The van der Waals surface area contributed by atoms with Crippen LogP contribution in [0.5, 0.6) is 0 Å². The molecule has 1 aliphatic rings. The van der Waals surface area contributed by atoms with Crippen molar-refractivity contribution in [2.45, 2.75) is 27.2 Å². The Morgan fingerprint density at radius 1 is 1.33 bits per heavy atom. The van der Waals surface area contributed by atoms with E-state index in [-0.39, 0.29) is 16.3 Å². The molecule has 1 aliphatic heterocycles. The van der Waals surface area contributed by atoms with Crippen molar-refractivity contribution in [1.82, 2.24) is 0 Å². The zero-order valence-corrected chi connectivity index (χ0v) is 11.7. The number of hydrogen-bond acceptors (Lipinski definition) is 2. The van der Waals surface area contributed by atoms with Crippen molar-refractivity contribution in [2.24, 2.45) is 5.41 Å². The van der Waals surface area contributed by atoms with Gasteiger partial charge >= 0.3 is 7.12 Å². The summed E-state index contributed by atoms with van der Waals surface area (Å²) in [6.07, 6.45) is 0.564. The van der Waals surface area contributed by atoms with Crippen molar-refractivity contribution in [1.29, 1.82) is 0 Å². The van der Waals surface area contributed by atoms with Gasteiger partial charge in [0.2, 0.25) is 0 Å². The normalized spacial score (nSPS) is 19.1. The Kier molecular flexibility index (Phi) is 4.00. The maximum absolute atomic E-state index is 13.9. The average molecular weight is 271 g/mol. The third-order valence-corrected chi connectivity index (χ3v) is 3.38. The number of benzene rings is 1. The summed E-state index contributed by atoms with van der Waals surface area (Å²) in [6, 6.07) is 3.34. The second kappa shape index (κ2) is 5.20. The molecule has 1 aromatic rings. The van der Waals surface area contributed by atoms with E-state index in [1.54, 1.807) is 12.1 Å². The molecule has 0 radical (unpaired) electrons. The van der Waals surface area contributed by atoms with E-state index in [9.17, 15) is 4.39 Å². The number of rotatable bonds is 2. The lowest BCUT2D eigenvalue weighted by molar-refractivity contribution is 0.0342. The van der Waals surface area contributed by atoms with Gasteiger partial charge in [-0.2, -0.15) is 0 Å². The van der Waals surface area contributed by atoms with Crippen LogP contribution in [0.15, 0.2) is 12.1 Å². The number of hydrogen-bond donors (Lipinski definition) is 0. The summed E-state index contributed by atoms with van der Waals surface area (Å²) in [4.78, 5) is 0. The molecule has 18 heavy (non-hydrogen) atoms. The lowest BCUT2D eigenvalue weighted by atomic mass is 9.73. The molecule has 0 amide bonds. The lowest BCUT2D eigenvalue weighted by Gasteiger charge is -2.33. The van der Waals surface area contributed by atoms with Gasteiger partial charge in [-0.3, -0.25) is 0 Å². The molecule has 0 saturated carbocycles. The summed E-state index contributed by atoms with van der Waals surface area (Å²) in [5.74, 6) is -0.367. The van der Waals surface area contributed by atoms with Crippen LogP contribution in [0, 0.1) is 11.2 Å². The summed E-state index contributed by atoms with van der Waals surface area (Å²) in [5.41, 5.74) is 1.33. The van der Waals surface area contributed by atoms with Gasteiger partial charge in [0.1, 0.15) is 5.82 Å². The van der Waals surface area contributed by atoms with Gasteiger partial charge in [-0.15, -0.1) is 0 Å². The largest absolute Gasteiger partial charge is 0.494 e. The van der Waals surface area contributed by atoms with E-state index < -0.39 is 7.12 Å². The molecule has 0 spiro atoms. The van der Waals surface area contributed by atoms with Gasteiger partial charge in [0.15, 0.2) is 0 Å². The van der Waals surface area contributed by atoms with Crippen molar-refractivity contribution in [3.05, 3.63) is 28.5 Å². The van der Waals surface area contributed by atoms with E-state index in [1.165, 1.54) is 0 Å². The van der Waals surface area contributed by atoms with Crippen LogP contribution in [-0.4, -0.2) is 20.3 Å². The molecule has 0 atom stereocenters. The van der Waals surface area contributed by atoms with E-state index in [4.69, 9.17) is 20.9 Å². The Morgan fingerprint density at radius 2 is 1.94 bits per heavy atom. The Hall–Kier alpha value is -0.575. The molecular weight excluding hydrogens is 253 g/mol. The predicted octanol–water partition coefficient (Wildman–Crippen LogP) is 2.81. The van der Waals surface area contributed by atoms with Crippen LogP contribution in [0.3, 0.4) is 0 Å². The molecule has 2 nitrogen and oxygen atoms in total. The standard InChI is InChI=1S/C13H17BClFO2/c1-4-9-10(5-6-11(15)12(9)16)14-17-7-13(2,3)8-18-14/h5-6H,4,7-8H2,1-3H3. The monoisotopic (exact) mass is 270 g/mol. The molecule has 1 aromatic carbocycles. The van der Waals surface area contributed by atoms with Crippen LogP contribution in [0.25, 0.3) is 0 Å². The molecule has 1 fully saturated rings. The minimum absolute atomic E-state index is 0.00779. The van der Waals surface area contributed by atoms with Crippen molar-refractivity contribution in [2.75, 3.05) is 13.2 Å². The average Bonchev–Trinajstić information content (AvgIpc) is 2.33. The minimum atomic E-state index is -0.486. The molecule has 1 saturated heterocycles. The van der Waals surface area contributed by atoms with E-state index in [0.717, 1.165) is 5.46 Å². The third-order valence-electron chi connectivity index (χ3n) is 3.09. The molecule has 0 N–H and O–H groups in total. The maximum Gasteiger partial charge on any atom is 0.494 e. The molecular formula is C13H17BClFO2. The molecule has 2 rings (SSSR count). The van der Waals surface area contributed by atoms with Crippen LogP contribution in [0.2, 0.25) is 5.02 Å². The second-order valence-corrected chi connectivity index (χ2v) is 5.81. The van der Waals surface area contributed by atoms with E-state index in [2.05, 4.69) is 13.8 Å². The second-order valence-electron chi connectivity index (χ2n) is 5.40. The van der Waals surface area contributed by atoms with Crippen LogP contribution in [0.4, 0.5) is 4.39 Å². The highest BCUT2D eigenvalue weighted by atomic mass is 35.5. The van der Waals surface area contributed by atoms with Gasteiger partial charge in [-0.25, -0.2) is 4.39 Å². The fourth-order valence-corrected chi connectivity index (χ4v) is 2.24. The molecule has 98 valence electrons. The molecule has 0 aliphatic carbocycles. The van der Waals surface area contributed by atoms with E-state index >= 15 is 0 Å².